The predicted molar refractivity (Wildman–Crippen MR) is 98.2 cm³/mol. The fourth-order valence-electron chi connectivity index (χ4n) is 2.06. The lowest BCUT2D eigenvalue weighted by molar-refractivity contribution is 0.0837. The second-order valence-electron chi connectivity index (χ2n) is 6.09. The zero-order chi connectivity index (χ0) is 17.0. The lowest BCUT2D eigenvalue weighted by Gasteiger charge is -2.24. The number of aromatic nitrogens is 2. The minimum absolute atomic E-state index is 0.184. The highest BCUT2D eigenvalue weighted by Crippen LogP contribution is 2.33. The molecule has 0 fully saturated rings. The smallest absolute Gasteiger partial charge is 0.212 e. The Kier molecular flexibility index (Phi) is 5.84. The Morgan fingerprint density at radius 3 is 2.83 bits per heavy atom. The fourth-order valence-corrected chi connectivity index (χ4v) is 3.03. The van der Waals surface area contributed by atoms with Crippen LogP contribution in [0.5, 0.6) is 0 Å². The van der Waals surface area contributed by atoms with E-state index in [1.54, 1.807) is 4.57 Å². The van der Waals surface area contributed by atoms with Crippen molar-refractivity contribution in [2.45, 2.75) is 13.2 Å². The minimum Gasteiger partial charge on any atom is -0.360 e. The molecule has 2 rings (SSSR count). The molecule has 0 saturated carbocycles. The number of fused-ring (bicyclic) bond motifs is 1. The molecule has 0 aliphatic carbocycles. The molecule has 124 valence electrons. The summed E-state index contributed by atoms with van der Waals surface area (Å²) in [6.07, 6.45) is 6.53. The number of carbonyl (C=O) groups is 1. The van der Waals surface area contributed by atoms with Crippen LogP contribution >= 0.6 is 26.0 Å². The summed E-state index contributed by atoms with van der Waals surface area (Å²) in [7, 11) is -0.614. The van der Waals surface area contributed by atoms with Crippen molar-refractivity contribution in [1.29, 1.82) is 5.26 Å². The average molecular weight is 398 g/mol. The number of hydrogen-bond acceptors (Lipinski definition) is 4. The largest absolute Gasteiger partial charge is 0.360 e. The molecule has 2 aromatic rings. The summed E-state index contributed by atoms with van der Waals surface area (Å²) in [4.78, 5) is 16.5. The number of ketones is 1. The Hall–Kier alpha value is -1.36. The normalized spacial score (nSPS) is 12.3. The van der Waals surface area contributed by atoms with Gasteiger partial charge in [0.2, 0.25) is 5.78 Å². The highest BCUT2D eigenvalue weighted by Gasteiger charge is 2.17. The van der Waals surface area contributed by atoms with Crippen molar-refractivity contribution in [3.63, 3.8) is 0 Å². The van der Waals surface area contributed by atoms with Crippen molar-refractivity contribution in [2.24, 2.45) is 0 Å². The number of ether oxygens (including phenoxy) is 1. The van der Waals surface area contributed by atoms with Gasteiger partial charge in [0.1, 0.15) is 13.2 Å². The number of benzene rings is 1. The monoisotopic (exact) mass is 397 g/mol. The van der Waals surface area contributed by atoms with Crippen molar-refractivity contribution < 1.29 is 9.53 Å². The quantitative estimate of drug-likeness (QED) is 0.528. The summed E-state index contributed by atoms with van der Waals surface area (Å²) in [5.74, 6) is 1.000. The van der Waals surface area contributed by atoms with Crippen LogP contribution < -0.4 is 0 Å². The summed E-state index contributed by atoms with van der Waals surface area (Å²) in [5.41, 5.74) is 1.54. The van der Waals surface area contributed by atoms with Gasteiger partial charge in [-0.15, -0.1) is 0 Å². The van der Waals surface area contributed by atoms with Gasteiger partial charge in [-0.2, -0.15) is 5.26 Å². The van der Waals surface area contributed by atoms with Crippen LogP contribution in [0.2, 0.25) is 0 Å². The number of nitrogens with zero attached hydrogens (tertiary/aromatic N) is 3. The number of nitriles is 1. The fraction of sp³-hybridized carbons (Fsp3) is 0.438. The zero-order valence-corrected chi connectivity index (χ0v) is 15.9. The Morgan fingerprint density at radius 1 is 1.43 bits per heavy atom. The van der Waals surface area contributed by atoms with E-state index in [1.165, 1.54) is 0 Å². The van der Waals surface area contributed by atoms with Crippen LogP contribution in [0.15, 0.2) is 22.7 Å². The molecule has 7 heteroatoms. The second-order valence-corrected chi connectivity index (χ2v) is 11.6. The van der Waals surface area contributed by atoms with Gasteiger partial charge in [-0.3, -0.25) is 9.36 Å². The van der Waals surface area contributed by atoms with Crippen molar-refractivity contribution in [2.75, 3.05) is 31.1 Å². The molecule has 1 aromatic heterocycles. The summed E-state index contributed by atoms with van der Waals surface area (Å²) in [6, 6.07) is 7.54. The lowest BCUT2D eigenvalue weighted by atomic mass is 10.3. The number of rotatable bonds is 7. The Bertz CT molecular complexity index is 759. The highest BCUT2D eigenvalue weighted by atomic mass is 79.9. The number of Topliss-reactive ketones (excluding diaryl/α,β-unsaturated/α-hetero) is 1. The van der Waals surface area contributed by atoms with E-state index in [1.807, 2.05) is 24.3 Å². The molecule has 0 aliphatic heterocycles. The molecule has 5 nitrogen and oxygen atoms in total. The van der Waals surface area contributed by atoms with Crippen LogP contribution in [-0.2, 0) is 11.5 Å². The third-order valence-electron chi connectivity index (χ3n) is 3.26. The van der Waals surface area contributed by atoms with Crippen molar-refractivity contribution in [3.8, 4) is 6.07 Å². The molecule has 0 aliphatic rings. The third-order valence-corrected chi connectivity index (χ3v) is 5.14. The molecule has 0 bridgehead atoms. The maximum absolute atomic E-state index is 12.1. The molecule has 1 heterocycles. The molecule has 0 N–H and O–H groups in total. The second kappa shape index (κ2) is 7.47. The van der Waals surface area contributed by atoms with Crippen LogP contribution in [0.1, 0.15) is 17.0 Å². The summed E-state index contributed by atoms with van der Waals surface area (Å²) in [6.45, 7) is 0.904. The molecule has 0 radical (unpaired) electrons. The van der Waals surface area contributed by atoms with Gasteiger partial charge in [-0.1, -0.05) is 15.9 Å². The van der Waals surface area contributed by atoms with Crippen LogP contribution in [0.25, 0.3) is 11.0 Å². The van der Waals surface area contributed by atoms with Gasteiger partial charge in [-0.05, 0) is 37.0 Å². The molecule has 0 atom stereocenters. The van der Waals surface area contributed by atoms with Gasteiger partial charge in [0, 0.05) is 10.2 Å². The first-order chi connectivity index (χ1) is 10.8. The van der Waals surface area contributed by atoms with E-state index in [-0.39, 0.29) is 24.8 Å². The van der Waals surface area contributed by atoms with Gasteiger partial charge in [0.15, 0.2) is 5.82 Å². The molecular weight excluding hydrogens is 378 g/mol. The van der Waals surface area contributed by atoms with Gasteiger partial charge >= 0.3 is 0 Å². The maximum Gasteiger partial charge on any atom is 0.212 e. The van der Waals surface area contributed by atoms with Crippen LogP contribution in [0.4, 0.5) is 0 Å². The molecule has 1 aromatic carbocycles. The van der Waals surface area contributed by atoms with E-state index in [2.05, 4.69) is 39.7 Å². The number of hydrogen-bond donors (Lipinski definition) is 0. The summed E-state index contributed by atoms with van der Waals surface area (Å²) < 4.78 is 8.40. The highest BCUT2D eigenvalue weighted by molar-refractivity contribution is 9.10. The van der Waals surface area contributed by atoms with Crippen LogP contribution in [0, 0.1) is 11.3 Å². The topological polar surface area (TPSA) is 67.9 Å². The van der Waals surface area contributed by atoms with E-state index in [9.17, 15) is 4.79 Å². The minimum atomic E-state index is -0.614. The molecule has 0 amide bonds. The summed E-state index contributed by atoms with van der Waals surface area (Å²) in [5, 5.41) is 8.77. The summed E-state index contributed by atoms with van der Waals surface area (Å²) >= 11 is 3.40. The SMILES string of the molecule is CS(C)(C)CCOCn1c(C(=O)CC#N)nc2cc(Br)ccc21. The van der Waals surface area contributed by atoms with E-state index in [0.29, 0.717) is 12.1 Å². The van der Waals surface area contributed by atoms with Gasteiger partial charge < -0.3 is 4.74 Å². The zero-order valence-electron chi connectivity index (χ0n) is 13.5. The van der Waals surface area contributed by atoms with E-state index in [0.717, 1.165) is 15.7 Å². The Balaban J connectivity index is 2.26. The lowest BCUT2D eigenvalue weighted by Crippen LogP contribution is -2.14. The Labute approximate surface area is 146 Å². The molecule has 0 spiro atoms. The van der Waals surface area contributed by atoms with Gasteiger partial charge in [0.25, 0.3) is 0 Å². The average Bonchev–Trinajstić information content (AvgIpc) is 2.80. The molecular formula is C16H20BrN3O2S. The van der Waals surface area contributed by atoms with Crippen molar-refractivity contribution >= 4 is 42.8 Å². The number of imidazole rings is 1. The van der Waals surface area contributed by atoms with Gasteiger partial charge in [0.05, 0.1) is 23.7 Å². The van der Waals surface area contributed by atoms with Crippen LogP contribution in [0.3, 0.4) is 0 Å². The van der Waals surface area contributed by atoms with E-state index >= 15 is 0 Å². The first-order valence-corrected chi connectivity index (χ1v) is 10.9. The van der Waals surface area contributed by atoms with E-state index in [4.69, 9.17) is 10.00 Å². The van der Waals surface area contributed by atoms with Gasteiger partial charge in [-0.25, -0.2) is 15.0 Å². The predicted octanol–water partition coefficient (Wildman–Crippen LogP) is 3.56. The van der Waals surface area contributed by atoms with Crippen molar-refractivity contribution in [1.82, 2.24) is 9.55 Å². The maximum atomic E-state index is 12.1. The number of halogens is 1. The number of carbonyl (C=O) groups excluding carboxylic acids is 1. The first-order valence-electron chi connectivity index (χ1n) is 7.11. The molecule has 23 heavy (non-hydrogen) atoms. The standard InChI is InChI=1S/C16H20BrN3O2S/c1-23(2,3)9-8-22-11-20-14-5-4-12(17)10-13(14)19-16(20)15(21)6-7-18/h4-5,10H,6,8-9,11H2,1-3H3. The molecule has 0 saturated heterocycles. The van der Waals surface area contributed by atoms with Crippen LogP contribution in [-0.4, -0.2) is 46.5 Å². The van der Waals surface area contributed by atoms with Crippen molar-refractivity contribution in [3.05, 3.63) is 28.5 Å². The van der Waals surface area contributed by atoms with E-state index < -0.39 is 10.0 Å². The first kappa shape index (κ1) is 18.0. The Morgan fingerprint density at radius 2 is 2.17 bits per heavy atom. The third kappa shape index (κ3) is 4.80. The molecule has 0 unspecified atom stereocenters.